The minimum absolute atomic E-state index is 0.317. The Balaban J connectivity index is 1.55. The highest BCUT2D eigenvalue weighted by molar-refractivity contribution is 6.05. The third kappa shape index (κ3) is 5.04. The molecule has 34 heavy (non-hydrogen) atoms. The standard InChI is InChI=1S/C27H26N2O5/c1-17-18(2)34-27(28-17)20-11-8-12-22(13-20)29-26(30)21-14-23(31-3)25(24(15-21)32-4)33-16-19-9-6-5-7-10-19/h5-15H,16H2,1-4H3,(H,29,30). The number of nitrogens with one attached hydrogen (secondary N) is 1. The number of amides is 1. The first kappa shape index (κ1) is 22.9. The molecule has 1 heterocycles. The van der Waals surface area contributed by atoms with Crippen molar-refractivity contribution >= 4 is 11.6 Å². The summed E-state index contributed by atoms with van der Waals surface area (Å²) >= 11 is 0. The molecule has 1 aromatic heterocycles. The molecule has 7 nitrogen and oxygen atoms in total. The number of methoxy groups -OCH3 is 2. The Morgan fingerprint density at radius 1 is 0.941 bits per heavy atom. The molecule has 4 rings (SSSR count). The van der Waals surface area contributed by atoms with Gasteiger partial charge in [-0.2, -0.15) is 0 Å². The van der Waals surface area contributed by atoms with Crippen LogP contribution >= 0.6 is 0 Å². The van der Waals surface area contributed by atoms with Crippen molar-refractivity contribution in [2.75, 3.05) is 19.5 Å². The molecule has 3 aromatic carbocycles. The zero-order chi connectivity index (χ0) is 24.1. The highest BCUT2D eigenvalue weighted by Crippen LogP contribution is 2.39. The molecule has 0 aliphatic heterocycles. The zero-order valence-corrected chi connectivity index (χ0v) is 19.5. The fourth-order valence-electron chi connectivity index (χ4n) is 3.41. The summed E-state index contributed by atoms with van der Waals surface area (Å²) in [6.07, 6.45) is 0. The van der Waals surface area contributed by atoms with Crippen LogP contribution in [0.1, 0.15) is 27.4 Å². The van der Waals surface area contributed by atoms with Crippen LogP contribution in [0.25, 0.3) is 11.5 Å². The molecular formula is C27H26N2O5. The topological polar surface area (TPSA) is 82.8 Å². The van der Waals surface area contributed by atoms with Crippen LogP contribution in [0.15, 0.2) is 71.1 Å². The molecule has 0 radical (unpaired) electrons. The summed E-state index contributed by atoms with van der Waals surface area (Å²) in [5, 5.41) is 2.91. The highest BCUT2D eigenvalue weighted by Gasteiger charge is 2.18. The number of hydrogen-bond donors (Lipinski definition) is 1. The molecule has 0 unspecified atom stereocenters. The number of hydrogen-bond acceptors (Lipinski definition) is 6. The van der Waals surface area contributed by atoms with Crippen LogP contribution in [-0.2, 0) is 6.61 Å². The molecule has 0 spiro atoms. The van der Waals surface area contributed by atoms with Gasteiger partial charge in [0, 0.05) is 16.8 Å². The molecule has 0 saturated heterocycles. The van der Waals surface area contributed by atoms with E-state index in [1.807, 2.05) is 62.4 Å². The van der Waals surface area contributed by atoms with Gasteiger partial charge in [-0.3, -0.25) is 4.79 Å². The van der Waals surface area contributed by atoms with E-state index in [-0.39, 0.29) is 5.91 Å². The molecule has 7 heteroatoms. The second-order valence-electron chi connectivity index (χ2n) is 7.68. The first-order valence-electron chi connectivity index (χ1n) is 10.8. The Morgan fingerprint density at radius 3 is 2.26 bits per heavy atom. The van der Waals surface area contributed by atoms with Crippen LogP contribution < -0.4 is 19.5 Å². The lowest BCUT2D eigenvalue weighted by Gasteiger charge is -2.16. The predicted octanol–water partition coefficient (Wildman–Crippen LogP) is 5.81. The van der Waals surface area contributed by atoms with Gasteiger partial charge in [0.05, 0.1) is 19.9 Å². The smallest absolute Gasteiger partial charge is 0.255 e. The van der Waals surface area contributed by atoms with Crippen LogP contribution in [0.5, 0.6) is 17.2 Å². The summed E-state index contributed by atoms with van der Waals surface area (Å²) in [5.74, 6) is 2.19. The normalized spacial score (nSPS) is 10.6. The van der Waals surface area contributed by atoms with Gasteiger partial charge in [-0.15, -0.1) is 0 Å². The third-order valence-electron chi connectivity index (χ3n) is 5.34. The van der Waals surface area contributed by atoms with E-state index in [0.717, 1.165) is 22.6 Å². The van der Waals surface area contributed by atoms with Crippen LogP contribution in [0.4, 0.5) is 5.69 Å². The van der Waals surface area contributed by atoms with Crippen molar-refractivity contribution in [2.24, 2.45) is 0 Å². The second-order valence-corrected chi connectivity index (χ2v) is 7.68. The number of aromatic nitrogens is 1. The van der Waals surface area contributed by atoms with E-state index in [1.54, 1.807) is 18.2 Å². The number of carbonyl (C=O) groups excluding carboxylic acids is 1. The van der Waals surface area contributed by atoms with Crippen molar-refractivity contribution in [2.45, 2.75) is 20.5 Å². The van der Waals surface area contributed by atoms with E-state index in [4.69, 9.17) is 18.6 Å². The van der Waals surface area contributed by atoms with Gasteiger partial charge in [0.15, 0.2) is 11.5 Å². The first-order valence-corrected chi connectivity index (χ1v) is 10.8. The maximum Gasteiger partial charge on any atom is 0.255 e. The Hall–Kier alpha value is -4.26. The lowest BCUT2D eigenvalue weighted by atomic mass is 10.1. The van der Waals surface area contributed by atoms with Gasteiger partial charge in [0.25, 0.3) is 5.91 Å². The van der Waals surface area contributed by atoms with Crippen molar-refractivity contribution in [3.05, 3.63) is 89.3 Å². The average Bonchev–Trinajstić information content (AvgIpc) is 3.21. The molecule has 0 aliphatic rings. The van der Waals surface area contributed by atoms with Crippen LogP contribution in [0, 0.1) is 13.8 Å². The lowest BCUT2D eigenvalue weighted by Crippen LogP contribution is -2.13. The van der Waals surface area contributed by atoms with E-state index in [9.17, 15) is 4.79 Å². The molecule has 0 atom stereocenters. The number of ether oxygens (including phenoxy) is 3. The molecule has 0 aliphatic carbocycles. The van der Waals surface area contributed by atoms with Crippen molar-refractivity contribution in [3.63, 3.8) is 0 Å². The van der Waals surface area contributed by atoms with E-state index in [1.165, 1.54) is 14.2 Å². The SMILES string of the molecule is COc1cc(C(=O)Nc2cccc(-c3nc(C)c(C)o3)c2)cc(OC)c1OCc1ccccc1. The van der Waals surface area contributed by atoms with Gasteiger partial charge < -0.3 is 23.9 Å². The van der Waals surface area contributed by atoms with E-state index >= 15 is 0 Å². The third-order valence-corrected chi connectivity index (χ3v) is 5.34. The molecular weight excluding hydrogens is 432 g/mol. The maximum atomic E-state index is 13.0. The number of nitrogens with zero attached hydrogens (tertiary/aromatic N) is 1. The molecule has 0 bridgehead atoms. The van der Waals surface area contributed by atoms with Gasteiger partial charge >= 0.3 is 0 Å². The Labute approximate surface area is 198 Å². The van der Waals surface area contributed by atoms with Gasteiger partial charge in [0.2, 0.25) is 11.6 Å². The monoisotopic (exact) mass is 458 g/mol. The van der Waals surface area contributed by atoms with E-state index in [0.29, 0.717) is 41.0 Å². The number of aryl methyl sites for hydroxylation is 2. The van der Waals surface area contributed by atoms with Gasteiger partial charge in [0.1, 0.15) is 12.4 Å². The lowest BCUT2D eigenvalue weighted by molar-refractivity contribution is 0.102. The van der Waals surface area contributed by atoms with Crippen molar-refractivity contribution in [1.29, 1.82) is 0 Å². The van der Waals surface area contributed by atoms with Crippen LogP contribution in [0.3, 0.4) is 0 Å². The summed E-state index contributed by atoms with van der Waals surface area (Å²) in [4.78, 5) is 17.5. The molecule has 0 fully saturated rings. The fraction of sp³-hybridized carbons (Fsp3) is 0.185. The molecule has 4 aromatic rings. The quantitative estimate of drug-likeness (QED) is 0.359. The number of rotatable bonds is 8. The fourth-order valence-corrected chi connectivity index (χ4v) is 3.41. The van der Waals surface area contributed by atoms with Gasteiger partial charge in [-0.1, -0.05) is 36.4 Å². The summed E-state index contributed by atoms with van der Waals surface area (Å²) in [6, 6.07) is 20.4. The van der Waals surface area contributed by atoms with Crippen molar-refractivity contribution in [1.82, 2.24) is 4.98 Å². The van der Waals surface area contributed by atoms with Gasteiger partial charge in [-0.25, -0.2) is 4.98 Å². The number of benzene rings is 3. The Bertz CT molecular complexity index is 1250. The average molecular weight is 459 g/mol. The molecule has 1 N–H and O–H groups in total. The summed E-state index contributed by atoms with van der Waals surface area (Å²) < 4.78 is 22.7. The number of carbonyl (C=O) groups is 1. The van der Waals surface area contributed by atoms with Crippen molar-refractivity contribution < 1.29 is 23.4 Å². The first-order chi connectivity index (χ1) is 16.5. The largest absolute Gasteiger partial charge is 0.493 e. The molecule has 1 amide bonds. The Kier molecular flexibility index (Phi) is 6.82. The second kappa shape index (κ2) is 10.1. The Morgan fingerprint density at radius 2 is 1.65 bits per heavy atom. The predicted molar refractivity (Wildman–Crippen MR) is 130 cm³/mol. The summed E-state index contributed by atoms with van der Waals surface area (Å²) in [6.45, 7) is 4.10. The van der Waals surface area contributed by atoms with Gasteiger partial charge in [-0.05, 0) is 49.7 Å². The van der Waals surface area contributed by atoms with Crippen molar-refractivity contribution in [3.8, 4) is 28.7 Å². The molecule has 174 valence electrons. The zero-order valence-electron chi connectivity index (χ0n) is 19.5. The highest BCUT2D eigenvalue weighted by atomic mass is 16.5. The minimum atomic E-state index is -0.317. The minimum Gasteiger partial charge on any atom is -0.493 e. The summed E-state index contributed by atoms with van der Waals surface area (Å²) in [7, 11) is 3.05. The van der Waals surface area contributed by atoms with Crippen LogP contribution in [-0.4, -0.2) is 25.1 Å². The maximum absolute atomic E-state index is 13.0. The number of anilines is 1. The summed E-state index contributed by atoms with van der Waals surface area (Å²) in [5.41, 5.74) is 3.59. The van der Waals surface area contributed by atoms with Crippen LogP contribution in [0.2, 0.25) is 0 Å². The molecule has 0 saturated carbocycles. The van der Waals surface area contributed by atoms with E-state index in [2.05, 4.69) is 10.3 Å². The van der Waals surface area contributed by atoms with E-state index < -0.39 is 0 Å². The number of oxazole rings is 1.